The SMILES string of the molecule is CCOC1CCC(O[C]=O)C1. The highest BCUT2D eigenvalue weighted by molar-refractivity contribution is 5.38. The van der Waals surface area contributed by atoms with Crippen LogP contribution in [0.3, 0.4) is 0 Å². The fourth-order valence-electron chi connectivity index (χ4n) is 1.46. The summed E-state index contributed by atoms with van der Waals surface area (Å²) in [6.07, 6.45) is 3.09. The lowest BCUT2D eigenvalue weighted by Crippen LogP contribution is -2.11. The third-order valence-corrected chi connectivity index (χ3v) is 1.95. The predicted octanol–water partition coefficient (Wildman–Crippen LogP) is 1.03. The summed E-state index contributed by atoms with van der Waals surface area (Å²) >= 11 is 0. The van der Waals surface area contributed by atoms with Crippen LogP contribution >= 0.6 is 0 Å². The van der Waals surface area contributed by atoms with Gasteiger partial charge in [0.25, 0.3) is 0 Å². The zero-order chi connectivity index (χ0) is 8.10. The van der Waals surface area contributed by atoms with Crippen molar-refractivity contribution in [2.45, 2.75) is 38.4 Å². The smallest absolute Gasteiger partial charge is 0.417 e. The summed E-state index contributed by atoms with van der Waals surface area (Å²) in [5, 5.41) is 0. The maximum atomic E-state index is 9.84. The molecule has 0 amide bonds. The highest BCUT2D eigenvalue weighted by Gasteiger charge is 2.25. The van der Waals surface area contributed by atoms with E-state index in [4.69, 9.17) is 9.47 Å². The minimum atomic E-state index is 0.0454. The van der Waals surface area contributed by atoms with Crippen molar-refractivity contribution in [3.8, 4) is 0 Å². The van der Waals surface area contributed by atoms with Crippen LogP contribution in [0.1, 0.15) is 26.2 Å². The number of rotatable bonds is 4. The third-order valence-electron chi connectivity index (χ3n) is 1.95. The van der Waals surface area contributed by atoms with Crippen LogP contribution in [0.2, 0.25) is 0 Å². The van der Waals surface area contributed by atoms with Crippen LogP contribution < -0.4 is 0 Å². The van der Waals surface area contributed by atoms with Gasteiger partial charge < -0.3 is 9.47 Å². The second kappa shape index (κ2) is 4.34. The maximum absolute atomic E-state index is 9.84. The van der Waals surface area contributed by atoms with E-state index < -0.39 is 0 Å². The molecule has 0 spiro atoms. The van der Waals surface area contributed by atoms with E-state index in [0.717, 1.165) is 25.9 Å². The highest BCUT2D eigenvalue weighted by Crippen LogP contribution is 2.23. The van der Waals surface area contributed by atoms with Crippen molar-refractivity contribution in [1.29, 1.82) is 0 Å². The Balaban J connectivity index is 2.17. The summed E-state index contributed by atoms with van der Waals surface area (Å²) < 4.78 is 10.1. The molecule has 3 heteroatoms. The summed E-state index contributed by atoms with van der Waals surface area (Å²) in [7, 11) is 0. The Kier molecular flexibility index (Phi) is 3.36. The Morgan fingerprint density at radius 1 is 1.45 bits per heavy atom. The molecule has 0 aromatic rings. The van der Waals surface area contributed by atoms with Crippen LogP contribution in [0.4, 0.5) is 0 Å². The van der Waals surface area contributed by atoms with Crippen LogP contribution in [-0.2, 0) is 14.3 Å². The first kappa shape index (κ1) is 8.53. The second-order valence-corrected chi connectivity index (χ2v) is 2.71. The summed E-state index contributed by atoms with van der Waals surface area (Å²) in [5.41, 5.74) is 0. The average molecular weight is 157 g/mol. The molecule has 0 bridgehead atoms. The lowest BCUT2D eigenvalue weighted by molar-refractivity contribution is 0.0573. The zero-order valence-electron chi connectivity index (χ0n) is 6.71. The molecule has 1 radical (unpaired) electrons. The summed E-state index contributed by atoms with van der Waals surface area (Å²) in [5.74, 6) is 0. The molecule has 2 atom stereocenters. The molecular formula is C8H13O3. The van der Waals surface area contributed by atoms with Gasteiger partial charge in [0.05, 0.1) is 6.10 Å². The van der Waals surface area contributed by atoms with Crippen molar-refractivity contribution in [3.05, 3.63) is 0 Å². The predicted molar refractivity (Wildman–Crippen MR) is 39.8 cm³/mol. The first-order valence-electron chi connectivity index (χ1n) is 4.01. The Hall–Kier alpha value is -0.570. The zero-order valence-corrected chi connectivity index (χ0v) is 6.71. The lowest BCUT2D eigenvalue weighted by Gasteiger charge is -2.08. The van der Waals surface area contributed by atoms with Crippen molar-refractivity contribution in [2.75, 3.05) is 6.61 Å². The fourth-order valence-corrected chi connectivity index (χ4v) is 1.46. The second-order valence-electron chi connectivity index (χ2n) is 2.71. The normalized spacial score (nSPS) is 30.3. The van der Waals surface area contributed by atoms with Gasteiger partial charge in [-0.1, -0.05) is 0 Å². The molecule has 0 saturated heterocycles. The van der Waals surface area contributed by atoms with Crippen molar-refractivity contribution in [3.63, 3.8) is 0 Å². The molecule has 0 N–H and O–H groups in total. The molecule has 3 nitrogen and oxygen atoms in total. The average Bonchev–Trinajstić information content (AvgIpc) is 2.38. The number of hydrogen-bond donors (Lipinski definition) is 0. The molecule has 63 valence electrons. The Labute approximate surface area is 66.7 Å². The Morgan fingerprint density at radius 2 is 2.18 bits per heavy atom. The first-order chi connectivity index (χ1) is 5.36. The molecule has 1 aliphatic rings. The molecule has 1 fully saturated rings. The number of ether oxygens (including phenoxy) is 2. The maximum Gasteiger partial charge on any atom is 0.417 e. The largest absolute Gasteiger partial charge is 0.454 e. The van der Waals surface area contributed by atoms with Gasteiger partial charge in [-0.15, -0.1) is 0 Å². The number of hydrogen-bond acceptors (Lipinski definition) is 3. The van der Waals surface area contributed by atoms with Gasteiger partial charge in [-0.25, -0.2) is 4.79 Å². The fraction of sp³-hybridized carbons (Fsp3) is 0.875. The van der Waals surface area contributed by atoms with E-state index in [1.807, 2.05) is 6.92 Å². The molecule has 11 heavy (non-hydrogen) atoms. The van der Waals surface area contributed by atoms with Gasteiger partial charge >= 0.3 is 6.47 Å². The van der Waals surface area contributed by atoms with Gasteiger partial charge in [0.1, 0.15) is 6.10 Å². The Bertz CT molecular complexity index is 125. The van der Waals surface area contributed by atoms with E-state index in [1.165, 1.54) is 6.47 Å². The van der Waals surface area contributed by atoms with E-state index in [1.54, 1.807) is 0 Å². The Morgan fingerprint density at radius 3 is 2.82 bits per heavy atom. The van der Waals surface area contributed by atoms with Gasteiger partial charge in [-0.3, -0.25) is 0 Å². The van der Waals surface area contributed by atoms with E-state index in [9.17, 15) is 4.79 Å². The molecule has 0 heterocycles. The van der Waals surface area contributed by atoms with Crippen LogP contribution in [0, 0.1) is 0 Å². The van der Waals surface area contributed by atoms with Crippen LogP contribution in [0.5, 0.6) is 0 Å². The van der Waals surface area contributed by atoms with Gasteiger partial charge in [-0.2, -0.15) is 0 Å². The molecular weight excluding hydrogens is 144 g/mol. The molecule has 0 aliphatic heterocycles. The van der Waals surface area contributed by atoms with Crippen molar-refractivity contribution >= 4 is 6.47 Å². The van der Waals surface area contributed by atoms with Crippen LogP contribution in [-0.4, -0.2) is 25.3 Å². The third kappa shape index (κ3) is 2.50. The van der Waals surface area contributed by atoms with Crippen molar-refractivity contribution in [1.82, 2.24) is 0 Å². The van der Waals surface area contributed by atoms with Gasteiger partial charge in [-0.05, 0) is 19.8 Å². The van der Waals surface area contributed by atoms with E-state index >= 15 is 0 Å². The van der Waals surface area contributed by atoms with E-state index in [2.05, 4.69) is 0 Å². The molecule has 1 saturated carbocycles. The molecule has 2 unspecified atom stereocenters. The van der Waals surface area contributed by atoms with E-state index in [0.29, 0.717) is 6.10 Å². The lowest BCUT2D eigenvalue weighted by atomic mass is 10.3. The molecule has 1 aliphatic carbocycles. The van der Waals surface area contributed by atoms with Gasteiger partial charge in [0.2, 0.25) is 0 Å². The van der Waals surface area contributed by atoms with E-state index in [-0.39, 0.29) is 6.10 Å². The quantitative estimate of drug-likeness (QED) is 0.611. The highest BCUT2D eigenvalue weighted by atomic mass is 16.5. The molecule has 0 aromatic heterocycles. The van der Waals surface area contributed by atoms with Crippen LogP contribution in [0.15, 0.2) is 0 Å². The number of carbonyl (C=O) groups excluding carboxylic acids is 1. The standard InChI is InChI=1S/C8H13O3/c1-2-10-7-3-4-8(5-7)11-6-9/h7-8H,2-5H2,1H3. The summed E-state index contributed by atoms with van der Waals surface area (Å²) in [4.78, 5) is 9.84. The summed E-state index contributed by atoms with van der Waals surface area (Å²) in [6, 6.07) is 0. The topological polar surface area (TPSA) is 35.5 Å². The van der Waals surface area contributed by atoms with Crippen molar-refractivity contribution < 1.29 is 14.3 Å². The van der Waals surface area contributed by atoms with Crippen LogP contribution in [0.25, 0.3) is 0 Å². The first-order valence-corrected chi connectivity index (χ1v) is 4.01. The molecule has 1 rings (SSSR count). The minimum Gasteiger partial charge on any atom is -0.454 e. The summed E-state index contributed by atoms with van der Waals surface area (Å²) in [6.45, 7) is 4.18. The monoisotopic (exact) mass is 157 g/mol. The van der Waals surface area contributed by atoms with Crippen molar-refractivity contribution in [2.24, 2.45) is 0 Å². The van der Waals surface area contributed by atoms with Gasteiger partial charge in [0, 0.05) is 13.0 Å². The molecule has 0 aromatic carbocycles. The minimum absolute atomic E-state index is 0.0454. The van der Waals surface area contributed by atoms with Gasteiger partial charge in [0.15, 0.2) is 0 Å².